The van der Waals surface area contributed by atoms with Gasteiger partial charge in [-0.05, 0) is 6.92 Å². The van der Waals surface area contributed by atoms with E-state index in [-0.39, 0.29) is 12.2 Å². The molecule has 0 aliphatic carbocycles. The van der Waals surface area contributed by atoms with Crippen molar-refractivity contribution in [2.24, 2.45) is 5.92 Å². The van der Waals surface area contributed by atoms with Crippen LogP contribution in [0.15, 0.2) is 0 Å². The van der Waals surface area contributed by atoms with E-state index in [0.29, 0.717) is 6.42 Å². The van der Waals surface area contributed by atoms with Crippen molar-refractivity contribution < 1.29 is 14.7 Å². The van der Waals surface area contributed by atoms with E-state index in [9.17, 15) is 9.59 Å². The molecular weight excluding hydrogens is 156 g/mol. The molecule has 0 aliphatic rings. The summed E-state index contributed by atoms with van der Waals surface area (Å²) in [5.41, 5.74) is 0. The lowest BCUT2D eigenvalue weighted by molar-refractivity contribution is -0.139. The molecule has 3 nitrogen and oxygen atoms in total. The second kappa shape index (κ2) is 5.36. The van der Waals surface area contributed by atoms with E-state index < -0.39 is 11.9 Å². The zero-order chi connectivity index (χ0) is 9.56. The Morgan fingerprint density at radius 3 is 2.42 bits per heavy atom. The second-order valence-corrected chi connectivity index (χ2v) is 2.44. The van der Waals surface area contributed by atoms with E-state index in [1.54, 1.807) is 0 Å². The highest BCUT2D eigenvalue weighted by molar-refractivity contribution is 5.85. The monoisotopic (exact) mass is 168 g/mol. The lowest BCUT2D eigenvalue weighted by Gasteiger charge is -2.00. The average Bonchev–Trinajstić information content (AvgIpc) is 1.96. The van der Waals surface area contributed by atoms with Crippen LogP contribution < -0.4 is 0 Å². The van der Waals surface area contributed by atoms with E-state index >= 15 is 0 Å². The van der Waals surface area contributed by atoms with Crippen molar-refractivity contribution in [3.8, 4) is 11.8 Å². The highest BCUT2D eigenvalue weighted by Gasteiger charge is 2.14. The Balaban J connectivity index is 4.24. The first-order valence-corrected chi connectivity index (χ1v) is 3.78. The minimum Gasteiger partial charge on any atom is -0.481 e. The maximum atomic E-state index is 10.8. The molecule has 0 aromatic rings. The van der Waals surface area contributed by atoms with Gasteiger partial charge in [-0.3, -0.25) is 9.59 Å². The highest BCUT2D eigenvalue weighted by Crippen LogP contribution is 2.02. The van der Waals surface area contributed by atoms with Crippen molar-refractivity contribution in [2.45, 2.75) is 26.7 Å². The summed E-state index contributed by atoms with van der Waals surface area (Å²) >= 11 is 0. The zero-order valence-corrected chi connectivity index (χ0v) is 7.26. The van der Waals surface area contributed by atoms with Gasteiger partial charge in [-0.1, -0.05) is 12.8 Å². The number of carboxylic acid groups (broad SMARTS) is 1. The molecule has 0 bridgehead atoms. The first kappa shape index (κ1) is 10.7. The van der Waals surface area contributed by atoms with Gasteiger partial charge >= 0.3 is 5.97 Å². The van der Waals surface area contributed by atoms with Crippen LogP contribution in [0.3, 0.4) is 0 Å². The molecule has 0 aromatic carbocycles. The van der Waals surface area contributed by atoms with Crippen LogP contribution in [-0.2, 0) is 9.59 Å². The maximum absolute atomic E-state index is 10.8. The average molecular weight is 168 g/mol. The van der Waals surface area contributed by atoms with Crippen molar-refractivity contribution in [1.29, 1.82) is 0 Å². The van der Waals surface area contributed by atoms with E-state index in [4.69, 9.17) is 5.11 Å². The van der Waals surface area contributed by atoms with Crippen LogP contribution in [0, 0.1) is 17.8 Å². The number of Topliss-reactive ketones (excluding diaryl/α,β-unsaturated/α-hetero) is 1. The van der Waals surface area contributed by atoms with Gasteiger partial charge in [0.1, 0.15) is 5.78 Å². The minimum absolute atomic E-state index is 0.182. The number of carboxylic acids is 1. The van der Waals surface area contributed by atoms with E-state index in [1.807, 2.05) is 6.92 Å². The largest absolute Gasteiger partial charge is 0.481 e. The molecule has 0 fully saturated rings. The van der Waals surface area contributed by atoms with Crippen LogP contribution in [-0.4, -0.2) is 16.9 Å². The Labute approximate surface area is 71.8 Å². The van der Waals surface area contributed by atoms with Gasteiger partial charge in [-0.25, -0.2) is 0 Å². The fourth-order valence-electron chi connectivity index (χ4n) is 0.696. The molecule has 1 unspecified atom stereocenters. The minimum atomic E-state index is -0.986. The van der Waals surface area contributed by atoms with Crippen molar-refractivity contribution in [3.05, 3.63) is 0 Å². The van der Waals surface area contributed by atoms with Crippen molar-refractivity contribution in [1.82, 2.24) is 0 Å². The molecule has 0 saturated heterocycles. The van der Waals surface area contributed by atoms with Crippen LogP contribution >= 0.6 is 0 Å². The van der Waals surface area contributed by atoms with E-state index in [0.717, 1.165) is 0 Å². The van der Waals surface area contributed by atoms with Crippen molar-refractivity contribution in [2.75, 3.05) is 0 Å². The molecule has 3 heteroatoms. The van der Waals surface area contributed by atoms with Gasteiger partial charge in [0.25, 0.3) is 0 Å². The molecule has 0 aliphatic heterocycles. The normalized spacial score (nSPS) is 11.2. The molecule has 0 radical (unpaired) electrons. The Morgan fingerprint density at radius 2 is 2.08 bits per heavy atom. The molecule has 12 heavy (non-hydrogen) atoms. The van der Waals surface area contributed by atoms with Gasteiger partial charge in [0.15, 0.2) is 0 Å². The first-order chi connectivity index (χ1) is 5.57. The highest BCUT2D eigenvalue weighted by atomic mass is 16.4. The molecular formula is C9H12O3. The number of aliphatic carboxylic acids is 1. The van der Waals surface area contributed by atoms with Crippen LogP contribution in [0.2, 0.25) is 0 Å². The third-order valence-corrected chi connectivity index (χ3v) is 1.32. The summed E-state index contributed by atoms with van der Waals surface area (Å²) in [6.45, 7) is 3.21. The third-order valence-electron chi connectivity index (χ3n) is 1.32. The number of rotatable bonds is 3. The fraction of sp³-hybridized carbons (Fsp3) is 0.556. The van der Waals surface area contributed by atoms with Crippen LogP contribution in [0.5, 0.6) is 0 Å². The quantitative estimate of drug-likeness (QED) is 0.641. The predicted octanol–water partition coefficient (Wildman–Crippen LogP) is 1.08. The topological polar surface area (TPSA) is 54.4 Å². The van der Waals surface area contributed by atoms with Crippen molar-refractivity contribution >= 4 is 11.8 Å². The van der Waals surface area contributed by atoms with E-state index in [1.165, 1.54) is 6.92 Å². The Morgan fingerprint density at radius 1 is 1.50 bits per heavy atom. The Kier molecular flexibility index (Phi) is 4.78. The lowest BCUT2D eigenvalue weighted by atomic mass is 10.0. The second-order valence-electron chi connectivity index (χ2n) is 2.44. The summed E-state index contributed by atoms with van der Waals surface area (Å²) in [5.74, 6) is 3.52. The van der Waals surface area contributed by atoms with Gasteiger partial charge in [0.05, 0.1) is 12.3 Å². The number of carbonyl (C=O) groups excluding carboxylic acids is 1. The molecule has 0 aromatic heterocycles. The fourth-order valence-corrected chi connectivity index (χ4v) is 0.696. The standard InChI is InChI=1S/C9H12O3/c1-3-4-5-8(7(2)10)6-9(11)12/h8H,3,6H2,1-2H3,(H,11,12). The Bertz CT molecular complexity index is 232. The summed E-state index contributed by atoms with van der Waals surface area (Å²) in [6.07, 6.45) is 0.450. The molecule has 0 rings (SSSR count). The molecule has 66 valence electrons. The van der Waals surface area contributed by atoms with Gasteiger partial charge in [-0.2, -0.15) is 0 Å². The summed E-state index contributed by atoms with van der Waals surface area (Å²) < 4.78 is 0. The molecule has 0 spiro atoms. The number of hydrogen-bond donors (Lipinski definition) is 1. The van der Waals surface area contributed by atoms with E-state index in [2.05, 4.69) is 11.8 Å². The molecule has 1 N–H and O–H groups in total. The zero-order valence-electron chi connectivity index (χ0n) is 7.26. The first-order valence-electron chi connectivity index (χ1n) is 3.78. The number of carbonyl (C=O) groups is 2. The van der Waals surface area contributed by atoms with Crippen LogP contribution in [0.25, 0.3) is 0 Å². The number of ketones is 1. The molecule has 0 amide bonds. The third kappa shape index (κ3) is 4.51. The summed E-state index contributed by atoms with van der Waals surface area (Å²) in [4.78, 5) is 21.1. The summed E-state index contributed by atoms with van der Waals surface area (Å²) in [6, 6.07) is 0. The lowest BCUT2D eigenvalue weighted by Crippen LogP contribution is -2.13. The smallest absolute Gasteiger partial charge is 0.305 e. The van der Waals surface area contributed by atoms with Gasteiger partial charge < -0.3 is 5.11 Å². The van der Waals surface area contributed by atoms with Crippen molar-refractivity contribution in [3.63, 3.8) is 0 Å². The summed E-state index contributed by atoms with van der Waals surface area (Å²) in [7, 11) is 0. The van der Waals surface area contributed by atoms with Crippen LogP contribution in [0.1, 0.15) is 26.7 Å². The van der Waals surface area contributed by atoms with Crippen LogP contribution in [0.4, 0.5) is 0 Å². The number of hydrogen-bond acceptors (Lipinski definition) is 2. The molecule has 1 atom stereocenters. The molecule has 0 saturated carbocycles. The van der Waals surface area contributed by atoms with Gasteiger partial charge in [0.2, 0.25) is 0 Å². The molecule has 0 heterocycles. The SMILES string of the molecule is CCC#CC(CC(=O)O)C(C)=O. The van der Waals surface area contributed by atoms with Gasteiger partial charge in [0, 0.05) is 6.42 Å². The Hall–Kier alpha value is -1.30. The maximum Gasteiger partial charge on any atom is 0.305 e. The predicted molar refractivity (Wildman–Crippen MR) is 44.5 cm³/mol. The summed E-state index contributed by atoms with van der Waals surface area (Å²) in [5, 5.41) is 8.41. The van der Waals surface area contributed by atoms with Gasteiger partial charge in [-0.15, -0.1) is 5.92 Å².